The molecule has 11 heteroatoms. The summed E-state index contributed by atoms with van der Waals surface area (Å²) in [5.74, 6) is -1.12. The number of methoxy groups -OCH3 is 1. The molecule has 0 bridgehead atoms. The van der Waals surface area contributed by atoms with Crippen LogP contribution in [0.1, 0.15) is 116 Å². The first-order chi connectivity index (χ1) is 19.2. The van der Waals surface area contributed by atoms with Gasteiger partial charge in [0, 0.05) is 41.8 Å². The average Bonchev–Trinajstić information content (AvgIpc) is 3.56. The number of aromatic nitrogens is 3. The van der Waals surface area contributed by atoms with Crippen molar-refractivity contribution in [2.24, 2.45) is 5.92 Å². The van der Waals surface area contributed by atoms with Crippen LogP contribution in [-0.2, 0) is 16.1 Å². The molecule has 3 unspecified atom stereocenters. The van der Waals surface area contributed by atoms with Crippen molar-refractivity contribution in [1.29, 1.82) is 0 Å². The molecule has 5 rings (SSSR count). The van der Waals surface area contributed by atoms with Crippen LogP contribution in [0.4, 0.5) is 19.1 Å². The van der Waals surface area contributed by atoms with Crippen LogP contribution in [0, 0.1) is 12.8 Å². The first-order valence-electron chi connectivity index (χ1n) is 14.6. The zero-order valence-electron chi connectivity index (χ0n) is 23.5. The lowest BCUT2D eigenvalue weighted by Crippen LogP contribution is -2.38. The zero-order valence-corrected chi connectivity index (χ0v) is 23.5. The van der Waals surface area contributed by atoms with Gasteiger partial charge in [0.15, 0.2) is 5.69 Å². The molecule has 1 saturated heterocycles. The molecule has 0 radical (unpaired) electrons. The second-order valence-corrected chi connectivity index (χ2v) is 11.5. The van der Waals surface area contributed by atoms with E-state index in [2.05, 4.69) is 26.9 Å². The highest BCUT2D eigenvalue weighted by molar-refractivity contribution is 5.87. The Bertz CT molecular complexity index is 1180. The number of ether oxygens (including phenoxy) is 2. The van der Waals surface area contributed by atoms with Crippen LogP contribution in [0.15, 0.2) is 10.6 Å². The third-order valence-electron chi connectivity index (χ3n) is 8.74. The molecule has 220 valence electrons. The van der Waals surface area contributed by atoms with Gasteiger partial charge in [-0.25, -0.2) is 14.8 Å². The number of nitrogens with zero attached hydrogens (tertiary/aromatic N) is 4. The van der Waals surface area contributed by atoms with Crippen molar-refractivity contribution in [3.05, 3.63) is 34.5 Å². The quantitative estimate of drug-likeness (QED) is 0.235. The van der Waals surface area contributed by atoms with Crippen LogP contribution >= 0.6 is 0 Å². The molecule has 40 heavy (non-hydrogen) atoms. The molecule has 0 amide bonds. The molecular formula is C29H39F3N4O4. The number of aryl methyl sites for hydroxylation is 1. The minimum Gasteiger partial charge on any atom is -0.464 e. The van der Waals surface area contributed by atoms with E-state index >= 15 is 0 Å². The maximum absolute atomic E-state index is 13.9. The predicted molar refractivity (Wildman–Crippen MR) is 141 cm³/mol. The first-order valence-corrected chi connectivity index (χ1v) is 14.6. The maximum atomic E-state index is 13.9. The lowest BCUT2D eigenvalue weighted by atomic mass is 9.76. The number of alkyl halides is 3. The smallest absolute Gasteiger partial charge is 0.392 e. The Balaban J connectivity index is 1.28. The van der Waals surface area contributed by atoms with Gasteiger partial charge in [-0.3, -0.25) is 0 Å². The van der Waals surface area contributed by atoms with Gasteiger partial charge in [0.05, 0.1) is 25.3 Å². The Morgan fingerprint density at radius 3 is 2.55 bits per heavy atom. The van der Waals surface area contributed by atoms with E-state index in [0.29, 0.717) is 49.0 Å². The molecule has 0 N–H and O–H groups in total. The van der Waals surface area contributed by atoms with E-state index in [1.807, 2.05) is 6.92 Å². The number of halogens is 3. The molecule has 1 aliphatic heterocycles. The van der Waals surface area contributed by atoms with Gasteiger partial charge >= 0.3 is 12.1 Å². The molecule has 2 aliphatic carbocycles. The Morgan fingerprint density at radius 2 is 1.85 bits per heavy atom. The minimum atomic E-state index is -4.25. The molecule has 3 aliphatic rings. The standard InChI is InChI=1S/C29H39F3N4O4/c1-4-19-11-12-20(36(19)28-33-17(2)15-24(34-28)27(37)38-3)13-14-39-16-22-25(35-40-26(22)18-9-10-18)21-7-5-6-8-23(21)29(30,31)32/h15,18-21,23H,4-14,16H2,1-3H3/t19?,20-,21?,23?/m0/s1. The van der Waals surface area contributed by atoms with E-state index in [4.69, 9.17) is 14.0 Å². The summed E-state index contributed by atoms with van der Waals surface area (Å²) in [5, 5.41) is 4.21. The number of carbonyl (C=O) groups is 1. The fourth-order valence-corrected chi connectivity index (χ4v) is 6.53. The number of rotatable bonds is 10. The fourth-order valence-electron chi connectivity index (χ4n) is 6.53. The van der Waals surface area contributed by atoms with Crippen molar-refractivity contribution in [2.45, 2.75) is 115 Å². The number of carbonyl (C=O) groups excluding carboxylic acids is 1. The second-order valence-electron chi connectivity index (χ2n) is 11.5. The van der Waals surface area contributed by atoms with E-state index in [1.165, 1.54) is 7.11 Å². The van der Waals surface area contributed by atoms with Crippen molar-refractivity contribution < 1.29 is 32.0 Å². The SMILES string of the molecule is CCC1CC[C@@H](CCOCc2c(C3CCCCC3C(F)(F)F)noc2C2CC2)N1c1nc(C)cc(C(=O)OC)n1. The Labute approximate surface area is 233 Å². The van der Waals surface area contributed by atoms with Crippen molar-refractivity contribution in [3.8, 4) is 0 Å². The summed E-state index contributed by atoms with van der Waals surface area (Å²) < 4.78 is 58.3. The van der Waals surface area contributed by atoms with Crippen LogP contribution in [0.2, 0.25) is 0 Å². The molecule has 2 aromatic rings. The van der Waals surface area contributed by atoms with Crippen molar-refractivity contribution >= 4 is 11.9 Å². The van der Waals surface area contributed by atoms with Crippen LogP contribution in [0.3, 0.4) is 0 Å². The number of hydrogen-bond acceptors (Lipinski definition) is 8. The third kappa shape index (κ3) is 6.14. The number of anilines is 1. The lowest BCUT2D eigenvalue weighted by molar-refractivity contribution is -0.187. The van der Waals surface area contributed by atoms with E-state index < -0.39 is 24.0 Å². The highest BCUT2D eigenvalue weighted by atomic mass is 19.4. The molecule has 2 saturated carbocycles. The number of esters is 1. The lowest BCUT2D eigenvalue weighted by Gasteiger charge is -2.32. The number of hydrogen-bond donors (Lipinski definition) is 0. The molecule has 8 nitrogen and oxygen atoms in total. The third-order valence-corrected chi connectivity index (χ3v) is 8.74. The maximum Gasteiger partial charge on any atom is 0.392 e. The molecule has 0 spiro atoms. The molecule has 4 atom stereocenters. The van der Waals surface area contributed by atoms with Gasteiger partial charge in [-0.2, -0.15) is 13.2 Å². The monoisotopic (exact) mass is 564 g/mol. The summed E-state index contributed by atoms with van der Waals surface area (Å²) in [4.78, 5) is 23.5. The predicted octanol–water partition coefficient (Wildman–Crippen LogP) is 6.63. The molecule has 0 aromatic carbocycles. The fraction of sp³-hybridized carbons (Fsp3) is 0.724. The minimum absolute atomic E-state index is 0.120. The summed E-state index contributed by atoms with van der Waals surface area (Å²) >= 11 is 0. The van der Waals surface area contributed by atoms with Gasteiger partial charge in [-0.15, -0.1) is 0 Å². The molecule has 3 fully saturated rings. The summed E-state index contributed by atoms with van der Waals surface area (Å²) in [6, 6.07) is 1.98. The van der Waals surface area contributed by atoms with Crippen LogP contribution in [0.25, 0.3) is 0 Å². The molecule has 2 aromatic heterocycles. The topological polar surface area (TPSA) is 90.6 Å². The summed E-state index contributed by atoms with van der Waals surface area (Å²) in [7, 11) is 1.33. The zero-order chi connectivity index (χ0) is 28.4. The van der Waals surface area contributed by atoms with Crippen molar-refractivity contribution in [1.82, 2.24) is 15.1 Å². The van der Waals surface area contributed by atoms with Gasteiger partial charge in [0.1, 0.15) is 5.76 Å². The van der Waals surface area contributed by atoms with Gasteiger partial charge in [0.2, 0.25) is 5.95 Å². The van der Waals surface area contributed by atoms with Crippen molar-refractivity contribution in [3.63, 3.8) is 0 Å². The Morgan fingerprint density at radius 1 is 1.10 bits per heavy atom. The summed E-state index contributed by atoms with van der Waals surface area (Å²) in [6.45, 7) is 4.58. The van der Waals surface area contributed by atoms with Crippen LogP contribution < -0.4 is 4.90 Å². The largest absolute Gasteiger partial charge is 0.464 e. The van der Waals surface area contributed by atoms with E-state index in [-0.39, 0.29) is 36.7 Å². The Hall–Kier alpha value is -2.69. The first kappa shape index (κ1) is 28.8. The van der Waals surface area contributed by atoms with Gasteiger partial charge in [0.25, 0.3) is 0 Å². The van der Waals surface area contributed by atoms with Crippen molar-refractivity contribution in [2.75, 3.05) is 18.6 Å². The molecular weight excluding hydrogens is 525 g/mol. The van der Waals surface area contributed by atoms with Gasteiger partial charge in [-0.1, -0.05) is 24.9 Å². The highest BCUT2D eigenvalue weighted by Gasteiger charge is 2.48. The van der Waals surface area contributed by atoms with Crippen LogP contribution in [-0.4, -0.2) is 53.1 Å². The van der Waals surface area contributed by atoms with Gasteiger partial charge in [-0.05, 0) is 64.4 Å². The van der Waals surface area contributed by atoms with E-state index in [0.717, 1.165) is 44.1 Å². The van der Waals surface area contributed by atoms with Crippen LogP contribution in [0.5, 0.6) is 0 Å². The highest BCUT2D eigenvalue weighted by Crippen LogP contribution is 2.50. The van der Waals surface area contributed by atoms with E-state index in [9.17, 15) is 18.0 Å². The summed E-state index contributed by atoms with van der Waals surface area (Å²) in [5.41, 5.74) is 2.09. The van der Waals surface area contributed by atoms with Gasteiger partial charge < -0.3 is 18.9 Å². The normalized spacial score (nSPS) is 25.4. The average molecular weight is 565 g/mol. The van der Waals surface area contributed by atoms with E-state index in [1.54, 1.807) is 6.07 Å². The summed E-state index contributed by atoms with van der Waals surface area (Å²) in [6.07, 6.45) is 3.16. The molecule has 3 heterocycles. The second kappa shape index (κ2) is 12.0. The Kier molecular flexibility index (Phi) is 8.68.